The first-order valence-corrected chi connectivity index (χ1v) is 9.17. The predicted molar refractivity (Wildman–Crippen MR) is 110 cm³/mol. The fourth-order valence-electron chi connectivity index (χ4n) is 4.11. The Hall–Kier alpha value is -1.61. The fraction of sp³-hybridized carbons (Fsp3) is 0.611. The van der Waals surface area contributed by atoms with Gasteiger partial charge in [0.2, 0.25) is 0 Å². The van der Waals surface area contributed by atoms with Gasteiger partial charge in [-0.2, -0.15) is 10.2 Å². The number of piperidine rings is 1. The monoisotopic (exact) mass is 430 g/mol. The van der Waals surface area contributed by atoms with Crippen molar-refractivity contribution in [1.29, 1.82) is 0 Å². The Morgan fingerprint density at radius 2 is 2.00 bits per heavy atom. The number of nitrogens with one attached hydrogen (secondary N) is 1. The molecule has 2 fully saturated rings. The third-order valence-corrected chi connectivity index (χ3v) is 5.65. The molecule has 0 bridgehead atoms. The summed E-state index contributed by atoms with van der Waals surface area (Å²) in [5.41, 5.74) is -0.154. The molecule has 2 aliphatic rings. The van der Waals surface area contributed by atoms with Gasteiger partial charge in [0.1, 0.15) is 11.1 Å². The molecule has 2 aromatic heterocycles. The Kier molecular flexibility index (Phi) is 7.14. The minimum absolute atomic E-state index is 0. The van der Waals surface area contributed by atoms with Crippen molar-refractivity contribution in [3.63, 3.8) is 0 Å². The second-order valence-electron chi connectivity index (χ2n) is 7.44. The van der Waals surface area contributed by atoms with Crippen molar-refractivity contribution in [1.82, 2.24) is 29.8 Å². The number of hydrogen-bond acceptors (Lipinski definition) is 5. The molecule has 2 aliphatic heterocycles. The molecular weight excluding hydrogens is 403 g/mol. The molecule has 8 nitrogen and oxygen atoms in total. The Labute approximate surface area is 177 Å². The standard InChI is InChI=1S/C18H26N6O2.2ClH/c1-17(15-12-21-22(2)13-15)14-23(10-11-26-17)16(25)18(4-7-19-8-5-18)24-9-3-6-20-24;;/h3,6,9,12-13,19H,4-5,7-8,10-11,14H2,1-2H3;2*1H. The van der Waals surface area contributed by atoms with Crippen LogP contribution in [0.15, 0.2) is 30.9 Å². The lowest BCUT2D eigenvalue weighted by molar-refractivity contribution is -0.160. The topological polar surface area (TPSA) is 77.2 Å². The Balaban J connectivity index is 0.00000140. The average Bonchev–Trinajstić information content (AvgIpc) is 3.34. The first-order valence-electron chi connectivity index (χ1n) is 9.17. The zero-order chi connectivity index (χ0) is 18.2. The molecular formula is C18H28Cl2N6O2. The normalized spacial score (nSPS) is 24.1. The number of carbonyl (C=O) groups is 1. The van der Waals surface area contributed by atoms with E-state index in [1.807, 2.05) is 48.2 Å². The van der Waals surface area contributed by atoms with Gasteiger partial charge in [0.15, 0.2) is 0 Å². The summed E-state index contributed by atoms with van der Waals surface area (Å²) in [5, 5.41) is 12.0. The molecule has 0 aromatic carbocycles. The molecule has 0 saturated carbocycles. The van der Waals surface area contributed by atoms with Crippen molar-refractivity contribution in [3.05, 3.63) is 36.4 Å². The summed E-state index contributed by atoms with van der Waals surface area (Å²) >= 11 is 0. The van der Waals surface area contributed by atoms with Gasteiger partial charge >= 0.3 is 0 Å². The van der Waals surface area contributed by atoms with Crippen LogP contribution in [-0.2, 0) is 27.7 Å². The van der Waals surface area contributed by atoms with Crippen LogP contribution in [0.4, 0.5) is 0 Å². The van der Waals surface area contributed by atoms with E-state index in [9.17, 15) is 4.79 Å². The predicted octanol–water partition coefficient (Wildman–Crippen LogP) is 1.31. The van der Waals surface area contributed by atoms with Crippen LogP contribution < -0.4 is 5.32 Å². The van der Waals surface area contributed by atoms with E-state index < -0.39 is 11.1 Å². The van der Waals surface area contributed by atoms with Crippen molar-refractivity contribution in [3.8, 4) is 0 Å². The summed E-state index contributed by atoms with van der Waals surface area (Å²) in [6, 6.07) is 1.89. The van der Waals surface area contributed by atoms with Crippen molar-refractivity contribution in [2.45, 2.75) is 30.9 Å². The molecule has 1 N–H and O–H groups in total. The number of nitrogens with zero attached hydrogens (tertiary/aromatic N) is 5. The highest BCUT2D eigenvalue weighted by Crippen LogP contribution is 2.34. The molecule has 1 atom stereocenters. The van der Waals surface area contributed by atoms with Gasteiger partial charge < -0.3 is 15.0 Å². The molecule has 1 unspecified atom stereocenters. The summed E-state index contributed by atoms with van der Waals surface area (Å²) < 4.78 is 9.70. The van der Waals surface area contributed by atoms with Crippen LogP contribution in [0.2, 0.25) is 0 Å². The smallest absolute Gasteiger partial charge is 0.250 e. The van der Waals surface area contributed by atoms with Crippen LogP contribution in [-0.4, -0.2) is 63.2 Å². The Bertz CT molecular complexity index is 775. The van der Waals surface area contributed by atoms with Crippen molar-refractivity contribution >= 4 is 30.7 Å². The average molecular weight is 431 g/mol. The second kappa shape index (κ2) is 8.82. The van der Waals surface area contributed by atoms with Crippen molar-refractivity contribution < 1.29 is 9.53 Å². The van der Waals surface area contributed by atoms with Crippen molar-refractivity contribution in [2.24, 2.45) is 7.05 Å². The maximum Gasteiger partial charge on any atom is 0.250 e. The SMILES string of the molecule is Cl.Cl.Cn1cc(C2(C)CN(C(=O)C3(n4cccn4)CCNCC3)CCO2)cn1. The maximum absolute atomic E-state index is 13.7. The molecule has 0 radical (unpaired) electrons. The lowest BCUT2D eigenvalue weighted by Gasteiger charge is -2.45. The summed E-state index contributed by atoms with van der Waals surface area (Å²) in [6.07, 6.45) is 8.92. The fourth-order valence-corrected chi connectivity index (χ4v) is 4.11. The van der Waals surface area contributed by atoms with Crippen LogP contribution in [0.1, 0.15) is 25.3 Å². The number of morpholine rings is 1. The second-order valence-corrected chi connectivity index (χ2v) is 7.44. The van der Waals surface area contributed by atoms with Gasteiger partial charge in [-0.05, 0) is 38.9 Å². The molecule has 10 heteroatoms. The largest absolute Gasteiger partial charge is 0.367 e. The van der Waals surface area contributed by atoms with Gasteiger partial charge in [-0.15, -0.1) is 24.8 Å². The molecule has 1 amide bonds. The minimum atomic E-state index is -0.609. The van der Waals surface area contributed by atoms with Gasteiger partial charge in [0.25, 0.3) is 5.91 Å². The first kappa shape index (κ1) is 22.7. The lowest BCUT2D eigenvalue weighted by atomic mass is 9.85. The molecule has 0 spiro atoms. The molecule has 2 aromatic rings. The van der Waals surface area contributed by atoms with Gasteiger partial charge in [-0.25, -0.2) is 0 Å². The van der Waals surface area contributed by atoms with Crippen molar-refractivity contribution in [2.75, 3.05) is 32.8 Å². The van der Waals surface area contributed by atoms with E-state index >= 15 is 0 Å². The molecule has 0 aliphatic carbocycles. The number of hydrogen-bond donors (Lipinski definition) is 1. The van der Waals surface area contributed by atoms with Gasteiger partial charge in [-0.3, -0.25) is 14.2 Å². The summed E-state index contributed by atoms with van der Waals surface area (Å²) in [5.74, 6) is 0.140. The summed E-state index contributed by atoms with van der Waals surface area (Å²) in [7, 11) is 1.89. The number of amides is 1. The molecule has 4 rings (SSSR count). The van der Waals surface area contributed by atoms with Crippen LogP contribution in [0.25, 0.3) is 0 Å². The number of ether oxygens (including phenoxy) is 1. The highest BCUT2D eigenvalue weighted by Gasteiger charge is 2.47. The third kappa shape index (κ3) is 3.91. The highest BCUT2D eigenvalue weighted by atomic mass is 35.5. The van der Waals surface area contributed by atoms with Crippen LogP contribution >= 0.6 is 24.8 Å². The van der Waals surface area contributed by atoms with Crippen LogP contribution in [0.5, 0.6) is 0 Å². The van der Waals surface area contributed by atoms with Gasteiger partial charge in [-0.1, -0.05) is 0 Å². The Morgan fingerprint density at radius 1 is 1.25 bits per heavy atom. The molecule has 156 valence electrons. The molecule has 4 heterocycles. The number of rotatable bonds is 3. The first-order chi connectivity index (χ1) is 12.5. The van der Waals surface area contributed by atoms with E-state index in [1.165, 1.54) is 0 Å². The highest BCUT2D eigenvalue weighted by molar-refractivity contribution is 5.86. The quantitative estimate of drug-likeness (QED) is 0.793. The van der Waals surface area contributed by atoms with Gasteiger partial charge in [0.05, 0.1) is 19.3 Å². The zero-order valence-electron chi connectivity index (χ0n) is 16.2. The van der Waals surface area contributed by atoms with E-state index in [4.69, 9.17) is 4.74 Å². The van der Waals surface area contributed by atoms with E-state index in [-0.39, 0.29) is 30.7 Å². The molecule has 2 saturated heterocycles. The summed E-state index contributed by atoms with van der Waals surface area (Å²) in [4.78, 5) is 15.6. The third-order valence-electron chi connectivity index (χ3n) is 5.65. The zero-order valence-corrected chi connectivity index (χ0v) is 17.8. The Morgan fingerprint density at radius 3 is 2.61 bits per heavy atom. The lowest BCUT2D eigenvalue weighted by Crippen LogP contribution is -2.60. The number of aryl methyl sites for hydroxylation is 1. The number of aromatic nitrogens is 4. The number of halogens is 2. The maximum atomic E-state index is 13.7. The number of carbonyl (C=O) groups excluding carboxylic acids is 1. The van der Waals surface area contributed by atoms with E-state index in [0.717, 1.165) is 31.5 Å². The molecule has 28 heavy (non-hydrogen) atoms. The van der Waals surface area contributed by atoms with E-state index in [2.05, 4.69) is 15.5 Å². The van der Waals surface area contributed by atoms with Crippen LogP contribution in [0.3, 0.4) is 0 Å². The van der Waals surface area contributed by atoms with E-state index in [0.29, 0.717) is 19.7 Å². The van der Waals surface area contributed by atoms with Gasteiger partial charge in [0, 0.05) is 37.7 Å². The minimum Gasteiger partial charge on any atom is -0.367 e. The van der Waals surface area contributed by atoms with Crippen LogP contribution in [0, 0.1) is 0 Å². The summed E-state index contributed by atoms with van der Waals surface area (Å²) in [6.45, 7) is 5.31. The van der Waals surface area contributed by atoms with E-state index in [1.54, 1.807) is 10.9 Å².